The lowest BCUT2D eigenvalue weighted by molar-refractivity contribution is 0.00153. The molecule has 0 radical (unpaired) electrons. The Bertz CT molecular complexity index is 513. The molecular formula is C16H22FNO. The molecule has 1 aromatic rings. The number of ether oxygens (including phenoxy) is 1. The molecule has 1 aliphatic heterocycles. The maximum absolute atomic E-state index is 13.4. The summed E-state index contributed by atoms with van der Waals surface area (Å²) in [6.45, 7) is 6.77. The molecule has 1 aliphatic carbocycles. The third-order valence-electron chi connectivity index (χ3n) is 4.79. The van der Waals surface area contributed by atoms with Crippen LogP contribution in [-0.4, -0.2) is 5.60 Å². The topological polar surface area (TPSA) is 35.2 Å². The van der Waals surface area contributed by atoms with Crippen molar-refractivity contribution in [2.75, 3.05) is 0 Å². The zero-order chi connectivity index (χ0) is 13.8. The van der Waals surface area contributed by atoms with Crippen molar-refractivity contribution >= 4 is 0 Å². The number of nitrogens with two attached hydrogens (primary N) is 1. The Balaban J connectivity index is 2.01. The smallest absolute Gasteiger partial charge is 0.127 e. The van der Waals surface area contributed by atoms with E-state index in [4.69, 9.17) is 10.5 Å². The van der Waals surface area contributed by atoms with Crippen molar-refractivity contribution in [3.63, 3.8) is 0 Å². The molecule has 1 aromatic carbocycles. The maximum atomic E-state index is 13.4. The molecule has 1 saturated carbocycles. The highest BCUT2D eigenvalue weighted by molar-refractivity contribution is 5.39. The van der Waals surface area contributed by atoms with Gasteiger partial charge in [-0.2, -0.15) is 0 Å². The lowest BCUT2D eigenvalue weighted by Crippen LogP contribution is -2.45. The molecule has 3 atom stereocenters. The summed E-state index contributed by atoms with van der Waals surface area (Å²) in [7, 11) is 0. The summed E-state index contributed by atoms with van der Waals surface area (Å²) in [6.07, 6.45) is 2.95. The van der Waals surface area contributed by atoms with E-state index >= 15 is 0 Å². The van der Waals surface area contributed by atoms with Gasteiger partial charge in [0, 0.05) is 24.1 Å². The van der Waals surface area contributed by atoms with Crippen molar-refractivity contribution in [1.82, 2.24) is 0 Å². The van der Waals surface area contributed by atoms with Crippen LogP contribution in [0.1, 0.15) is 51.6 Å². The van der Waals surface area contributed by atoms with Crippen LogP contribution in [0.15, 0.2) is 18.2 Å². The van der Waals surface area contributed by atoms with Crippen LogP contribution in [-0.2, 0) is 0 Å². The van der Waals surface area contributed by atoms with Crippen molar-refractivity contribution in [3.8, 4) is 5.75 Å². The Labute approximate surface area is 114 Å². The standard InChI is InChI=1S/C16H22FNO/c1-10-7-15(2,3)9-16(10)8-13(18)12-5-4-11(17)6-14(12)19-16/h4-6,10,13H,7-9,18H2,1-3H3. The molecule has 1 heterocycles. The quantitative estimate of drug-likeness (QED) is 0.772. The fraction of sp³-hybridized carbons (Fsp3) is 0.625. The summed E-state index contributed by atoms with van der Waals surface area (Å²) < 4.78 is 19.7. The minimum absolute atomic E-state index is 0.0549. The largest absolute Gasteiger partial charge is 0.486 e. The van der Waals surface area contributed by atoms with Crippen molar-refractivity contribution in [3.05, 3.63) is 29.6 Å². The summed E-state index contributed by atoms with van der Waals surface area (Å²) in [5.41, 5.74) is 7.28. The van der Waals surface area contributed by atoms with Crippen LogP contribution >= 0.6 is 0 Å². The predicted octanol–water partition coefficient (Wildman–Crippen LogP) is 3.80. The van der Waals surface area contributed by atoms with Gasteiger partial charge in [-0.1, -0.05) is 26.8 Å². The van der Waals surface area contributed by atoms with Gasteiger partial charge in [-0.3, -0.25) is 0 Å². The molecule has 0 aromatic heterocycles. The summed E-state index contributed by atoms with van der Waals surface area (Å²) in [4.78, 5) is 0. The van der Waals surface area contributed by atoms with Crippen molar-refractivity contribution in [2.45, 2.75) is 51.7 Å². The summed E-state index contributed by atoms with van der Waals surface area (Å²) >= 11 is 0. The van der Waals surface area contributed by atoms with E-state index in [0.29, 0.717) is 11.7 Å². The SMILES string of the molecule is CC1CC(C)(C)CC12CC(N)c1ccc(F)cc1O2. The second-order valence-corrected chi connectivity index (χ2v) is 7.11. The van der Waals surface area contributed by atoms with Crippen LogP contribution < -0.4 is 10.5 Å². The van der Waals surface area contributed by atoms with E-state index in [0.717, 1.165) is 24.8 Å². The van der Waals surface area contributed by atoms with E-state index in [2.05, 4.69) is 20.8 Å². The number of benzene rings is 1. The molecule has 3 heteroatoms. The normalized spacial score (nSPS) is 36.1. The van der Waals surface area contributed by atoms with Gasteiger partial charge in [0.1, 0.15) is 17.2 Å². The lowest BCUT2D eigenvalue weighted by Gasteiger charge is -2.42. The Kier molecular flexibility index (Phi) is 2.69. The van der Waals surface area contributed by atoms with E-state index in [-0.39, 0.29) is 22.9 Å². The average molecular weight is 263 g/mol. The van der Waals surface area contributed by atoms with E-state index < -0.39 is 0 Å². The zero-order valence-electron chi connectivity index (χ0n) is 11.9. The molecule has 2 N–H and O–H groups in total. The molecule has 3 unspecified atom stereocenters. The Morgan fingerprint density at radius 1 is 1.32 bits per heavy atom. The van der Waals surface area contributed by atoms with Crippen LogP contribution in [0.25, 0.3) is 0 Å². The second-order valence-electron chi connectivity index (χ2n) is 7.11. The summed E-state index contributed by atoms with van der Waals surface area (Å²) in [5, 5.41) is 0. The molecule has 2 nitrogen and oxygen atoms in total. The minimum atomic E-state index is -0.257. The number of hydrogen-bond acceptors (Lipinski definition) is 2. The second kappa shape index (κ2) is 3.95. The zero-order valence-corrected chi connectivity index (χ0v) is 11.9. The first kappa shape index (κ1) is 12.9. The van der Waals surface area contributed by atoms with Crippen LogP contribution in [0, 0.1) is 17.2 Å². The van der Waals surface area contributed by atoms with Crippen LogP contribution in [0.3, 0.4) is 0 Å². The molecule has 2 aliphatic rings. The van der Waals surface area contributed by atoms with Gasteiger partial charge in [0.25, 0.3) is 0 Å². The molecule has 104 valence electrons. The first-order chi connectivity index (χ1) is 8.81. The lowest BCUT2D eigenvalue weighted by atomic mass is 9.80. The van der Waals surface area contributed by atoms with Gasteiger partial charge in [0.05, 0.1) is 0 Å². The van der Waals surface area contributed by atoms with Crippen LogP contribution in [0.2, 0.25) is 0 Å². The molecule has 0 saturated heterocycles. The molecule has 1 spiro atoms. The molecule has 3 rings (SSSR count). The Morgan fingerprint density at radius 2 is 2.05 bits per heavy atom. The third-order valence-corrected chi connectivity index (χ3v) is 4.79. The minimum Gasteiger partial charge on any atom is -0.486 e. The number of rotatable bonds is 0. The first-order valence-corrected chi connectivity index (χ1v) is 7.05. The van der Waals surface area contributed by atoms with E-state index in [1.54, 1.807) is 6.07 Å². The van der Waals surface area contributed by atoms with Gasteiger partial charge in [-0.05, 0) is 30.2 Å². The van der Waals surface area contributed by atoms with Gasteiger partial charge >= 0.3 is 0 Å². The molecule has 0 bridgehead atoms. The van der Waals surface area contributed by atoms with E-state index in [1.165, 1.54) is 12.1 Å². The predicted molar refractivity (Wildman–Crippen MR) is 73.5 cm³/mol. The Hall–Kier alpha value is -1.09. The first-order valence-electron chi connectivity index (χ1n) is 7.05. The summed E-state index contributed by atoms with van der Waals surface area (Å²) in [6, 6.07) is 4.64. The van der Waals surface area contributed by atoms with Gasteiger partial charge in [-0.15, -0.1) is 0 Å². The van der Waals surface area contributed by atoms with E-state index in [1.807, 2.05) is 0 Å². The number of halogens is 1. The summed E-state index contributed by atoms with van der Waals surface area (Å²) in [5.74, 6) is 0.834. The Morgan fingerprint density at radius 3 is 2.68 bits per heavy atom. The highest BCUT2D eigenvalue weighted by Crippen LogP contribution is 2.55. The van der Waals surface area contributed by atoms with Gasteiger partial charge < -0.3 is 10.5 Å². The molecule has 1 fully saturated rings. The van der Waals surface area contributed by atoms with Crippen molar-refractivity contribution < 1.29 is 9.13 Å². The van der Waals surface area contributed by atoms with Gasteiger partial charge in [0.15, 0.2) is 0 Å². The monoisotopic (exact) mass is 263 g/mol. The third kappa shape index (κ3) is 2.04. The van der Waals surface area contributed by atoms with Gasteiger partial charge in [-0.25, -0.2) is 4.39 Å². The maximum Gasteiger partial charge on any atom is 0.127 e. The van der Waals surface area contributed by atoms with E-state index in [9.17, 15) is 4.39 Å². The van der Waals surface area contributed by atoms with Crippen LogP contribution in [0.4, 0.5) is 4.39 Å². The fourth-order valence-electron chi connectivity index (χ4n) is 4.13. The average Bonchev–Trinajstić information content (AvgIpc) is 2.46. The number of hydrogen-bond donors (Lipinski definition) is 1. The highest BCUT2D eigenvalue weighted by Gasteiger charge is 2.53. The van der Waals surface area contributed by atoms with Crippen molar-refractivity contribution in [1.29, 1.82) is 0 Å². The highest BCUT2D eigenvalue weighted by atomic mass is 19.1. The molecule has 0 amide bonds. The fourth-order valence-corrected chi connectivity index (χ4v) is 4.13. The van der Waals surface area contributed by atoms with Crippen LogP contribution in [0.5, 0.6) is 5.75 Å². The molecular weight excluding hydrogens is 241 g/mol. The van der Waals surface area contributed by atoms with Crippen molar-refractivity contribution in [2.24, 2.45) is 17.1 Å². The van der Waals surface area contributed by atoms with Gasteiger partial charge in [0.2, 0.25) is 0 Å². The molecule has 19 heavy (non-hydrogen) atoms. The number of fused-ring (bicyclic) bond motifs is 1.